The number of carbonyl (C=O) groups excluding carboxylic acids is 1. The van der Waals surface area contributed by atoms with E-state index in [-0.39, 0.29) is 18.6 Å². The lowest BCUT2D eigenvalue weighted by atomic mass is 9.66. The van der Waals surface area contributed by atoms with Crippen LogP contribution in [-0.4, -0.2) is 10.8 Å². The number of pyridine rings is 1. The second kappa shape index (κ2) is 2.88. The predicted octanol–water partition coefficient (Wildman–Crippen LogP) is 1.34. The minimum Gasteiger partial charge on any atom is -0.300 e. The van der Waals surface area contributed by atoms with Gasteiger partial charge in [-0.05, 0) is 12.1 Å². The molecule has 0 aliphatic heterocycles. The third-order valence-corrected chi connectivity index (χ3v) is 2.42. The van der Waals surface area contributed by atoms with Crippen molar-refractivity contribution in [2.45, 2.75) is 18.3 Å². The number of aromatic nitrogens is 1. The van der Waals surface area contributed by atoms with Crippen LogP contribution in [0.25, 0.3) is 0 Å². The topological polar surface area (TPSA) is 53.8 Å². The molecular formula is C10H7FN2O. The Hall–Kier alpha value is -1.76. The van der Waals surface area contributed by atoms with E-state index in [1.54, 1.807) is 0 Å². The van der Waals surface area contributed by atoms with Crippen LogP contribution in [0.4, 0.5) is 4.39 Å². The van der Waals surface area contributed by atoms with Crippen LogP contribution in [-0.2, 0) is 10.2 Å². The molecule has 1 aromatic heterocycles. The largest absolute Gasteiger partial charge is 0.300 e. The van der Waals surface area contributed by atoms with Gasteiger partial charge in [0.2, 0.25) is 0 Å². The molecule has 0 bridgehead atoms. The zero-order valence-corrected chi connectivity index (χ0v) is 7.33. The van der Waals surface area contributed by atoms with Crippen molar-refractivity contribution < 1.29 is 9.18 Å². The number of halogens is 1. The number of hydrogen-bond donors (Lipinski definition) is 0. The Balaban J connectivity index is 2.39. The maximum absolute atomic E-state index is 12.9. The van der Waals surface area contributed by atoms with E-state index in [9.17, 15) is 9.18 Å². The van der Waals surface area contributed by atoms with E-state index in [4.69, 9.17) is 5.26 Å². The first-order chi connectivity index (χ1) is 6.66. The lowest BCUT2D eigenvalue weighted by Gasteiger charge is -2.32. The third kappa shape index (κ3) is 1.18. The van der Waals surface area contributed by atoms with Crippen molar-refractivity contribution >= 4 is 5.78 Å². The molecule has 2 rings (SSSR count). The number of hydrogen-bond acceptors (Lipinski definition) is 3. The quantitative estimate of drug-likeness (QED) is 0.671. The number of carbonyl (C=O) groups is 1. The molecule has 1 aliphatic rings. The van der Waals surface area contributed by atoms with E-state index in [1.807, 2.05) is 6.07 Å². The van der Waals surface area contributed by atoms with Gasteiger partial charge >= 0.3 is 0 Å². The highest BCUT2D eigenvalue weighted by Crippen LogP contribution is 2.39. The minimum absolute atomic E-state index is 0.0256. The highest BCUT2D eigenvalue weighted by molar-refractivity contribution is 5.89. The monoisotopic (exact) mass is 190 g/mol. The molecule has 0 radical (unpaired) electrons. The van der Waals surface area contributed by atoms with Gasteiger partial charge in [0.05, 0.1) is 11.8 Å². The van der Waals surface area contributed by atoms with Crippen LogP contribution in [0.15, 0.2) is 18.3 Å². The minimum atomic E-state index is -0.876. The average Bonchev–Trinajstić information content (AvgIpc) is 2.12. The number of nitrogens with zero attached hydrogens (tertiary/aromatic N) is 2. The van der Waals surface area contributed by atoms with Crippen LogP contribution in [0.2, 0.25) is 0 Å². The molecule has 1 aromatic rings. The molecule has 0 unspecified atom stereocenters. The first kappa shape index (κ1) is 8.82. The molecule has 0 saturated heterocycles. The lowest BCUT2D eigenvalue weighted by Crippen LogP contribution is -2.41. The summed E-state index contributed by atoms with van der Waals surface area (Å²) in [5.74, 6) is -0.401. The van der Waals surface area contributed by atoms with Gasteiger partial charge in [0.25, 0.3) is 0 Å². The Morgan fingerprint density at radius 3 is 2.79 bits per heavy atom. The van der Waals surface area contributed by atoms with Crippen molar-refractivity contribution in [3.05, 3.63) is 29.8 Å². The first-order valence-electron chi connectivity index (χ1n) is 4.21. The smallest absolute Gasteiger partial charge is 0.136 e. The van der Waals surface area contributed by atoms with E-state index in [0.717, 1.165) is 0 Å². The summed E-state index contributed by atoms with van der Waals surface area (Å²) in [4.78, 5) is 14.8. The molecular weight excluding hydrogens is 183 g/mol. The van der Waals surface area contributed by atoms with E-state index < -0.39 is 11.2 Å². The fourth-order valence-corrected chi connectivity index (χ4v) is 1.61. The molecule has 0 N–H and O–H groups in total. The summed E-state index contributed by atoms with van der Waals surface area (Å²) in [6.45, 7) is 0. The van der Waals surface area contributed by atoms with Crippen molar-refractivity contribution in [3.8, 4) is 6.07 Å². The Labute approximate surface area is 80.2 Å². The van der Waals surface area contributed by atoms with Crippen molar-refractivity contribution in [2.75, 3.05) is 0 Å². The zero-order chi connectivity index (χ0) is 10.2. The van der Waals surface area contributed by atoms with Crippen LogP contribution >= 0.6 is 0 Å². The van der Waals surface area contributed by atoms with Gasteiger partial charge in [0.15, 0.2) is 0 Å². The van der Waals surface area contributed by atoms with Gasteiger partial charge in [-0.15, -0.1) is 0 Å². The van der Waals surface area contributed by atoms with Gasteiger partial charge in [-0.25, -0.2) is 4.39 Å². The highest BCUT2D eigenvalue weighted by Gasteiger charge is 2.46. The van der Waals surface area contributed by atoms with Gasteiger partial charge in [-0.3, -0.25) is 9.78 Å². The molecule has 0 aromatic carbocycles. The first-order valence-corrected chi connectivity index (χ1v) is 4.21. The molecule has 3 nitrogen and oxygen atoms in total. The lowest BCUT2D eigenvalue weighted by molar-refractivity contribution is -0.126. The molecule has 1 heterocycles. The normalized spacial score (nSPS) is 18.4. The van der Waals surface area contributed by atoms with Crippen molar-refractivity contribution in [1.82, 2.24) is 4.98 Å². The van der Waals surface area contributed by atoms with Crippen LogP contribution in [0.1, 0.15) is 18.5 Å². The van der Waals surface area contributed by atoms with E-state index in [2.05, 4.69) is 4.98 Å². The summed E-state index contributed by atoms with van der Waals surface area (Å²) in [6, 6.07) is 4.47. The molecule has 14 heavy (non-hydrogen) atoms. The number of nitriles is 1. The molecule has 1 aliphatic carbocycles. The fraction of sp³-hybridized carbons (Fsp3) is 0.300. The molecule has 0 amide bonds. The molecule has 1 saturated carbocycles. The van der Waals surface area contributed by atoms with Gasteiger partial charge < -0.3 is 0 Å². The Kier molecular flexibility index (Phi) is 1.81. The fourth-order valence-electron chi connectivity index (χ4n) is 1.61. The molecule has 0 atom stereocenters. The molecule has 1 fully saturated rings. The van der Waals surface area contributed by atoms with Gasteiger partial charge in [0.1, 0.15) is 17.0 Å². The summed E-state index contributed by atoms with van der Waals surface area (Å²) in [7, 11) is 0. The summed E-state index contributed by atoms with van der Waals surface area (Å²) >= 11 is 0. The van der Waals surface area contributed by atoms with Crippen molar-refractivity contribution in [1.29, 1.82) is 5.26 Å². The highest BCUT2D eigenvalue weighted by atomic mass is 19.1. The summed E-state index contributed by atoms with van der Waals surface area (Å²) in [5.41, 5.74) is -0.515. The van der Waals surface area contributed by atoms with Crippen molar-refractivity contribution in [2.24, 2.45) is 0 Å². The molecule has 4 heteroatoms. The molecule has 0 spiro atoms. The van der Waals surface area contributed by atoms with Gasteiger partial charge in [-0.2, -0.15) is 5.26 Å². The van der Waals surface area contributed by atoms with Crippen LogP contribution in [0.3, 0.4) is 0 Å². The summed E-state index contributed by atoms with van der Waals surface area (Å²) < 4.78 is 12.9. The second-order valence-corrected chi connectivity index (χ2v) is 3.45. The Bertz CT molecular complexity index is 428. The van der Waals surface area contributed by atoms with Crippen LogP contribution in [0, 0.1) is 17.1 Å². The Morgan fingerprint density at radius 2 is 2.29 bits per heavy atom. The Morgan fingerprint density at radius 1 is 1.57 bits per heavy atom. The maximum Gasteiger partial charge on any atom is 0.136 e. The number of ketones is 1. The number of Topliss-reactive ketones (excluding diaryl/α,β-unsaturated/α-hetero) is 1. The predicted molar refractivity (Wildman–Crippen MR) is 45.7 cm³/mol. The standard InChI is InChI=1S/C10H7FN2O/c11-7-1-2-13-9(3-7)10(6-12)4-8(14)5-10/h1-3H,4-5H2. The van der Waals surface area contributed by atoms with Gasteiger partial charge in [-0.1, -0.05) is 0 Å². The van der Waals surface area contributed by atoms with Crippen LogP contribution in [0.5, 0.6) is 0 Å². The van der Waals surface area contributed by atoms with Crippen molar-refractivity contribution in [3.63, 3.8) is 0 Å². The summed E-state index contributed by atoms with van der Waals surface area (Å²) in [6.07, 6.45) is 1.62. The zero-order valence-electron chi connectivity index (χ0n) is 7.33. The summed E-state index contributed by atoms with van der Waals surface area (Å²) in [5, 5.41) is 8.93. The second-order valence-electron chi connectivity index (χ2n) is 3.45. The van der Waals surface area contributed by atoms with E-state index in [1.165, 1.54) is 18.3 Å². The van der Waals surface area contributed by atoms with E-state index >= 15 is 0 Å². The maximum atomic E-state index is 12.9. The SMILES string of the molecule is N#CC1(c2cc(F)ccn2)CC(=O)C1. The number of rotatable bonds is 1. The third-order valence-electron chi connectivity index (χ3n) is 2.42. The van der Waals surface area contributed by atoms with Gasteiger partial charge in [0, 0.05) is 19.0 Å². The van der Waals surface area contributed by atoms with Crippen LogP contribution < -0.4 is 0 Å². The average molecular weight is 190 g/mol. The molecule has 70 valence electrons. The van der Waals surface area contributed by atoms with E-state index in [0.29, 0.717) is 5.69 Å².